The summed E-state index contributed by atoms with van der Waals surface area (Å²) in [5.74, 6) is 0. The van der Waals surface area contributed by atoms with E-state index in [2.05, 4.69) is 21.1 Å². The van der Waals surface area contributed by atoms with Crippen molar-refractivity contribution in [1.29, 1.82) is 0 Å². The Bertz CT molecular complexity index is 512. The molecule has 1 aliphatic carbocycles. The molecule has 1 aromatic heterocycles. The molecule has 1 aliphatic rings. The number of nitrogens with zero attached hydrogens (tertiary/aromatic N) is 3. The number of halogens is 1. The van der Waals surface area contributed by atoms with Gasteiger partial charge in [-0.3, -0.25) is 0 Å². The Morgan fingerprint density at radius 1 is 1.12 bits per heavy atom. The summed E-state index contributed by atoms with van der Waals surface area (Å²) in [6.45, 7) is 0. The molecule has 90 valence electrons. The second-order valence-electron chi connectivity index (χ2n) is 4.79. The summed E-state index contributed by atoms with van der Waals surface area (Å²) in [5, 5.41) is 9.21. The summed E-state index contributed by atoms with van der Waals surface area (Å²) in [7, 11) is 0. The number of hydrogen-bond donors (Lipinski definition) is 0. The van der Waals surface area contributed by atoms with Gasteiger partial charge in [-0.05, 0) is 25.0 Å². The van der Waals surface area contributed by atoms with Gasteiger partial charge in [0.05, 0.1) is 16.6 Å². The molecule has 1 saturated carbocycles. The predicted molar refractivity (Wildman–Crippen MR) is 69.3 cm³/mol. The van der Waals surface area contributed by atoms with E-state index in [9.17, 15) is 0 Å². The highest BCUT2D eigenvalue weighted by Gasteiger charge is 2.18. The van der Waals surface area contributed by atoms with Crippen molar-refractivity contribution < 1.29 is 0 Å². The molecule has 1 heterocycles. The summed E-state index contributed by atoms with van der Waals surface area (Å²) >= 11 is 6.13. The maximum atomic E-state index is 6.13. The maximum absolute atomic E-state index is 6.13. The zero-order chi connectivity index (χ0) is 11.7. The average Bonchev–Trinajstić information content (AvgIpc) is 2.59. The van der Waals surface area contributed by atoms with Crippen molar-refractivity contribution in [2.45, 2.75) is 44.6 Å². The molecule has 0 aliphatic heterocycles. The van der Waals surface area contributed by atoms with Crippen molar-refractivity contribution in [1.82, 2.24) is 15.0 Å². The molecule has 0 unspecified atom stereocenters. The summed E-state index contributed by atoms with van der Waals surface area (Å²) in [4.78, 5) is 0. The molecule has 0 saturated heterocycles. The lowest BCUT2D eigenvalue weighted by atomic mass is 10.1. The lowest BCUT2D eigenvalue weighted by Crippen LogP contribution is -2.09. The number of rotatable bonds is 1. The highest BCUT2D eigenvalue weighted by Crippen LogP contribution is 2.30. The predicted octanol–water partition coefficient (Wildman–Crippen LogP) is 3.98. The minimum atomic E-state index is 0.501. The van der Waals surface area contributed by atoms with E-state index in [1.54, 1.807) is 0 Å². The van der Waals surface area contributed by atoms with Crippen LogP contribution in [-0.2, 0) is 0 Å². The first-order valence-electron chi connectivity index (χ1n) is 6.35. The van der Waals surface area contributed by atoms with Gasteiger partial charge in [0, 0.05) is 0 Å². The van der Waals surface area contributed by atoms with Gasteiger partial charge in [0.1, 0.15) is 5.52 Å². The SMILES string of the molecule is Clc1cccc2c1nnn2C1CCCCCC1. The molecule has 1 aromatic carbocycles. The van der Waals surface area contributed by atoms with E-state index in [0.29, 0.717) is 11.1 Å². The molecular formula is C13H16ClN3. The van der Waals surface area contributed by atoms with Crippen LogP contribution in [0.4, 0.5) is 0 Å². The monoisotopic (exact) mass is 249 g/mol. The molecule has 2 aromatic rings. The van der Waals surface area contributed by atoms with Crippen LogP contribution >= 0.6 is 11.6 Å². The van der Waals surface area contributed by atoms with Crippen LogP contribution in [0.1, 0.15) is 44.6 Å². The van der Waals surface area contributed by atoms with Crippen molar-refractivity contribution in [3.8, 4) is 0 Å². The fourth-order valence-corrected chi connectivity index (χ4v) is 2.91. The Morgan fingerprint density at radius 2 is 1.88 bits per heavy atom. The fourth-order valence-electron chi connectivity index (χ4n) is 2.70. The standard InChI is InChI=1S/C13H16ClN3/c14-11-8-5-9-12-13(11)15-16-17(12)10-6-3-1-2-4-7-10/h5,8-10H,1-4,6-7H2. The van der Waals surface area contributed by atoms with E-state index in [0.717, 1.165) is 11.0 Å². The van der Waals surface area contributed by atoms with E-state index in [4.69, 9.17) is 11.6 Å². The summed E-state index contributed by atoms with van der Waals surface area (Å²) < 4.78 is 2.08. The quantitative estimate of drug-likeness (QED) is 0.716. The highest BCUT2D eigenvalue weighted by molar-refractivity contribution is 6.34. The summed E-state index contributed by atoms with van der Waals surface area (Å²) in [6, 6.07) is 6.41. The topological polar surface area (TPSA) is 30.7 Å². The van der Waals surface area contributed by atoms with Crippen molar-refractivity contribution in [2.24, 2.45) is 0 Å². The second kappa shape index (κ2) is 4.65. The van der Waals surface area contributed by atoms with Crippen LogP contribution in [0, 0.1) is 0 Å². The Balaban J connectivity index is 2.02. The van der Waals surface area contributed by atoms with Gasteiger partial charge in [0.15, 0.2) is 0 Å². The molecule has 0 spiro atoms. The molecule has 0 atom stereocenters. The van der Waals surface area contributed by atoms with Gasteiger partial charge in [-0.25, -0.2) is 4.68 Å². The van der Waals surface area contributed by atoms with Crippen LogP contribution < -0.4 is 0 Å². The number of fused-ring (bicyclic) bond motifs is 1. The average molecular weight is 250 g/mol. The van der Waals surface area contributed by atoms with Crippen LogP contribution in [-0.4, -0.2) is 15.0 Å². The van der Waals surface area contributed by atoms with Crippen molar-refractivity contribution in [2.75, 3.05) is 0 Å². The molecule has 3 nitrogen and oxygen atoms in total. The van der Waals surface area contributed by atoms with Gasteiger partial charge in [0.2, 0.25) is 0 Å². The first kappa shape index (κ1) is 11.0. The minimum Gasteiger partial charge on any atom is -0.242 e. The minimum absolute atomic E-state index is 0.501. The van der Waals surface area contributed by atoms with Gasteiger partial charge in [0.25, 0.3) is 0 Å². The largest absolute Gasteiger partial charge is 0.242 e. The van der Waals surface area contributed by atoms with Crippen LogP contribution in [0.15, 0.2) is 18.2 Å². The van der Waals surface area contributed by atoms with Gasteiger partial charge in [-0.1, -0.05) is 48.6 Å². The number of benzene rings is 1. The highest BCUT2D eigenvalue weighted by atomic mass is 35.5. The molecule has 1 fully saturated rings. The molecule has 0 bridgehead atoms. The lowest BCUT2D eigenvalue weighted by Gasteiger charge is -2.14. The van der Waals surface area contributed by atoms with Crippen LogP contribution in [0.3, 0.4) is 0 Å². The zero-order valence-corrected chi connectivity index (χ0v) is 10.5. The van der Waals surface area contributed by atoms with E-state index < -0.39 is 0 Å². The van der Waals surface area contributed by atoms with Crippen LogP contribution in [0.2, 0.25) is 5.02 Å². The second-order valence-corrected chi connectivity index (χ2v) is 5.19. The fraction of sp³-hybridized carbons (Fsp3) is 0.538. The normalized spacial score (nSPS) is 18.4. The third kappa shape index (κ3) is 2.04. The molecule has 0 amide bonds. The van der Waals surface area contributed by atoms with Gasteiger partial charge < -0.3 is 0 Å². The van der Waals surface area contributed by atoms with Gasteiger partial charge >= 0.3 is 0 Å². The lowest BCUT2D eigenvalue weighted by molar-refractivity contribution is 0.407. The zero-order valence-electron chi connectivity index (χ0n) is 9.77. The first-order valence-corrected chi connectivity index (χ1v) is 6.73. The van der Waals surface area contributed by atoms with Crippen molar-refractivity contribution in [3.63, 3.8) is 0 Å². The Hall–Kier alpha value is -1.09. The number of hydrogen-bond acceptors (Lipinski definition) is 2. The van der Waals surface area contributed by atoms with E-state index in [1.165, 1.54) is 38.5 Å². The third-order valence-corrected chi connectivity index (χ3v) is 3.93. The molecule has 0 N–H and O–H groups in total. The smallest absolute Gasteiger partial charge is 0.131 e. The molecule has 17 heavy (non-hydrogen) atoms. The van der Waals surface area contributed by atoms with E-state index >= 15 is 0 Å². The van der Waals surface area contributed by atoms with Crippen LogP contribution in [0.5, 0.6) is 0 Å². The molecule has 4 heteroatoms. The molecular weight excluding hydrogens is 234 g/mol. The summed E-state index contributed by atoms with van der Waals surface area (Å²) in [5.41, 5.74) is 1.91. The molecule has 3 rings (SSSR count). The van der Waals surface area contributed by atoms with Crippen molar-refractivity contribution >= 4 is 22.6 Å². The number of aromatic nitrogens is 3. The Kier molecular flexibility index (Phi) is 3.02. The Labute approximate surface area is 106 Å². The Morgan fingerprint density at radius 3 is 2.65 bits per heavy atom. The summed E-state index contributed by atoms with van der Waals surface area (Å²) in [6.07, 6.45) is 7.73. The van der Waals surface area contributed by atoms with Crippen LogP contribution in [0.25, 0.3) is 11.0 Å². The van der Waals surface area contributed by atoms with E-state index in [-0.39, 0.29) is 0 Å². The van der Waals surface area contributed by atoms with Gasteiger partial charge in [-0.2, -0.15) is 0 Å². The van der Waals surface area contributed by atoms with Crippen molar-refractivity contribution in [3.05, 3.63) is 23.2 Å². The van der Waals surface area contributed by atoms with Gasteiger partial charge in [-0.15, -0.1) is 5.10 Å². The van der Waals surface area contributed by atoms with E-state index in [1.807, 2.05) is 12.1 Å². The third-order valence-electron chi connectivity index (χ3n) is 3.62. The maximum Gasteiger partial charge on any atom is 0.131 e. The first-order chi connectivity index (χ1) is 8.36. The molecule has 0 radical (unpaired) electrons.